The molecule has 3 saturated carbocycles. The van der Waals surface area contributed by atoms with Gasteiger partial charge in [-0.15, -0.1) is 0 Å². The van der Waals surface area contributed by atoms with E-state index < -0.39 is 0 Å². The van der Waals surface area contributed by atoms with Gasteiger partial charge in [0, 0.05) is 0 Å². The molecule has 4 atom stereocenters. The van der Waals surface area contributed by atoms with Crippen LogP contribution < -0.4 is 0 Å². The number of rotatable bonds is 8. The van der Waals surface area contributed by atoms with Crippen molar-refractivity contribution in [3.63, 3.8) is 0 Å². The molecule has 0 saturated heterocycles. The molecule has 3 aliphatic carbocycles. The Balaban J connectivity index is 1.36. The second-order valence-corrected chi connectivity index (χ2v) is 10.1. The van der Waals surface area contributed by atoms with Gasteiger partial charge in [0.05, 0.1) is 5.92 Å². The van der Waals surface area contributed by atoms with Crippen LogP contribution >= 0.6 is 0 Å². The minimum atomic E-state index is 0.151. The molecule has 3 fully saturated rings. The van der Waals surface area contributed by atoms with Crippen LogP contribution in [0.3, 0.4) is 0 Å². The summed E-state index contributed by atoms with van der Waals surface area (Å²) >= 11 is 0. The van der Waals surface area contributed by atoms with Gasteiger partial charge in [-0.1, -0.05) is 58.8 Å². The van der Waals surface area contributed by atoms with Crippen molar-refractivity contribution in [1.29, 1.82) is 0 Å². The van der Waals surface area contributed by atoms with Crippen molar-refractivity contribution in [2.45, 2.75) is 123 Å². The van der Waals surface area contributed by atoms with Gasteiger partial charge in [0.15, 0.2) is 0 Å². The average molecular weight is 377 g/mol. The molecule has 3 aliphatic rings. The standard InChI is InChI=1S/C25H44O2/c1-3-5-6-8-19-10-15-24(16-11-19)27-25(26)23-14-13-21-17-20(7-4-2)9-12-22(21)18-23/h19-24H,3-18H2,1-2H3. The van der Waals surface area contributed by atoms with Gasteiger partial charge in [0.1, 0.15) is 6.10 Å². The smallest absolute Gasteiger partial charge is 0.309 e. The number of hydrogen-bond donors (Lipinski definition) is 0. The van der Waals surface area contributed by atoms with Crippen molar-refractivity contribution in [3.8, 4) is 0 Å². The Kier molecular flexibility index (Phi) is 8.52. The largest absolute Gasteiger partial charge is 0.462 e. The minimum Gasteiger partial charge on any atom is -0.462 e. The van der Waals surface area contributed by atoms with Gasteiger partial charge < -0.3 is 4.74 Å². The van der Waals surface area contributed by atoms with Gasteiger partial charge in [0.2, 0.25) is 0 Å². The highest BCUT2D eigenvalue weighted by molar-refractivity contribution is 5.72. The fourth-order valence-corrected chi connectivity index (χ4v) is 6.35. The van der Waals surface area contributed by atoms with Crippen molar-refractivity contribution in [2.24, 2.45) is 29.6 Å². The highest BCUT2D eigenvalue weighted by atomic mass is 16.5. The summed E-state index contributed by atoms with van der Waals surface area (Å²) in [4.78, 5) is 12.8. The van der Waals surface area contributed by atoms with E-state index in [1.807, 2.05) is 0 Å². The Hall–Kier alpha value is -0.530. The lowest BCUT2D eigenvalue weighted by Gasteiger charge is -2.42. The Bertz CT molecular complexity index is 438. The molecule has 0 aromatic heterocycles. The van der Waals surface area contributed by atoms with Crippen LogP contribution in [0.4, 0.5) is 0 Å². The molecule has 0 aromatic carbocycles. The summed E-state index contributed by atoms with van der Waals surface area (Å²) in [5.41, 5.74) is 0. The number of carbonyl (C=O) groups excluding carboxylic acids is 1. The topological polar surface area (TPSA) is 26.3 Å². The van der Waals surface area contributed by atoms with E-state index in [1.54, 1.807) is 0 Å². The molecule has 27 heavy (non-hydrogen) atoms. The fraction of sp³-hybridized carbons (Fsp3) is 0.960. The van der Waals surface area contributed by atoms with Gasteiger partial charge in [-0.2, -0.15) is 0 Å². The van der Waals surface area contributed by atoms with E-state index in [0.717, 1.165) is 49.4 Å². The highest BCUT2D eigenvalue weighted by Crippen LogP contribution is 2.46. The fourth-order valence-electron chi connectivity index (χ4n) is 6.35. The Morgan fingerprint density at radius 2 is 1.44 bits per heavy atom. The van der Waals surface area contributed by atoms with Crippen LogP contribution in [0.1, 0.15) is 117 Å². The molecule has 0 bridgehead atoms. The maximum absolute atomic E-state index is 12.8. The SMILES string of the molecule is CCCCCC1CCC(OC(=O)C2CCC3CC(CCC)CCC3C2)CC1. The third kappa shape index (κ3) is 6.23. The zero-order valence-corrected chi connectivity index (χ0v) is 18.1. The van der Waals surface area contributed by atoms with Gasteiger partial charge >= 0.3 is 5.97 Å². The lowest BCUT2D eigenvalue weighted by Crippen LogP contribution is -2.36. The van der Waals surface area contributed by atoms with Crippen molar-refractivity contribution in [3.05, 3.63) is 0 Å². The van der Waals surface area contributed by atoms with E-state index in [9.17, 15) is 4.79 Å². The predicted molar refractivity (Wildman–Crippen MR) is 113 cm³/mol. The van der Waals surface area contributed by atoms with Crippen LogP contribution in [0.15, 0.2) is 0 Å². The summed E-state index contributed by atoms with van der Waals surface area (Å²) in [6.45, 7) is 4.60. The summed E-state index contributed by atoms with van der Waals surface area (Å²) in [5, 5.41) is 0. The quantitative estimate of drug-likeness (QED) is 0.328. The summed E-state index contributed by atoms with van der Waals surface area (Å²) < 4.78 is 6.01. The number of hydrogen-bond acceptors (Lipinski definition) is 2. The number of esters is 1. The summed E-state index contributed by atoms with van der Waals surface area (Å²) in [6, 6.07) is 0. The van der Waals surface area contributed by atoms with Crippen LogP contribution in [0.5, 0.6) is 0 Å². The predicted octanol–water partition coefficient (Wildman–Crippen LogP) is 7.30. The van der Waals surface area contributed by atoms with Gasteiger partial charge in [-0.25, -0.2) is 0 Å². The molecule has 0 aromatic rings. The Labute approximate surface area is 168 Å². The second-order valence-electron chi connectivity index (χ2n) is 10.1. The second kappa shape index (κ2) is 10.9. The third-order valence-electron chi connectivity index (χ3n) is 8.04. The number of carbonyl (C=O) groups is 1. The maximum Gasteiger partial charge on any atom is 0.309 e. The lowest BCUT2D eigenvalue weighted by atomic mass is 9.64. The molecule has 0 N–H and O–H groups in total. The average Bonchev–Trinajstić information content (AvgIpc) is 2.69. The van der Waals surface area contributed by atoms with E-state index >= 15 is 0 Å². The number of unbranched alkanes of at least 4 members (excludes halogenated alkanes) is 2. The van der Waals surface area contributed by atoms with Crippen molar-refractivity contribution in [1.82, 2.24) is 0 Å². The molecule has 0 heterocycles. The zero-order chi connectivity index (χ0) is 19.1. The van der Waals surface area contributed by atoms with E-state index in [2.05, 4.69) is 13.8 Å². The molecule has 0 spiro atoms. The third-order valence-corrected chi connectivity index (χ3v) is 8.04. The summed E-state index contributed by atoms with van der Waals surface area (Å²) in [6.07, 6.45) is 20.9. The molecule has 0 amide bonds. The number of ether oxygens (including phenoxy) is 1. The monoisotopic (exact) mass is 376 g/mol. The normalized spacial score (nSPS) is 36.8. The van der Waals surface area contributed by atoms with Crippen LogP contribution in [0.25, 0.3) is 0 Å². The van der Waals surface area contributed by atoms with Crippen LogP contribution in [0, 0.1) is 29.6 Å². The van der Waals surface area contributed by atoms with E-state index in [1.165, 1.54) is 77.0 Å². The van der Waals surface area contributed by atoms with E-state index in [0.29, 0.717) is 0 Å². The molecule has 156 valence electrons. The lowest BCUT2D eigenvalue weighted by molar-refractivity contribution is -0.158. The first-order valence-electron chi connectivity index (χ1n) is 12.4. The Morgan fingerprint density at radius 3 is 2.19 bits per heavy atom. The van der Waals surface area contributed by atoms with Crippen LogP contribution in [0.2, 0.25) is 0 Å². The first-order chi connectivity index (χ1) is 13.2. The van der Waals surface area contributed by atoms with E-state index in [4.69, 9.17) is 4.74 Å². The van der Waals surface area contributed by atoms with E-state index in [-0.39, 0.29) is 18.0 Å². The van der Waals surface area contributed by atoms with Gasteiger partial charge in [-0.05, 0) is 81.5 Å². The van der Waals surface area contributed by atoms with Crippen LogP contribution in [-0.2, 0) is 9.53 Å². The maximum atomic E-state index is 12.8. The molecule has 2 nitrogen and oxygen atoms in total. The van der Waals surface area contributed by atoms with Crippen molar-refractivity contribution < 1.29 is 9.53 Å². The first kappa shape index (κ1) is 21.2. The van der Waals surface area contributed by atoms with Gasteiger partial charge in [-0.3, -0.25) is 4.79 Å². The zero-order valence-electron chi connectivity index (χ0n) is 18.1. The van der Waals surface area contributed by atoms with Crippen molar-refractivity contribution in [2.75, 3.05) is 0 Å². The molecule has 0 radical (unpaired) electrons. The molecule has 0 aliphatic heterocycles. The molecule has 2 heteroatoms. The highest BCUT2D eigenvalue weighted by Gasteiger charge is 2.38. The first-order valence-corrected chi connectivity index (χ1v) is 12.4. The molecule has 4 unspecified atom stereocenters. The molecular weight excluding hydrogens is 332 g/mol. The number of fused-ring (bicyclic) bond motifs is 1. The Morgan fingerprint density at radius 1 is 0.741 bits per heavy atom. The van der Waals surface area contributed by atoms with Crippen molar-refractivity contribution >= 4 is 5.97 Å². The molecule has 3 rings (SSSR count). The summed E-state index contributed by atoms with van der Waals surface area (Å²) in [7, 11) is 0. The minimum absolute atomic E-state index is 0.151. The van der Waals surface area contributed by atoms with Crippen LogP contribution in [-0.4, -0.2) is 12.1 Å². The molecular formula is C25H44O2. The summed E-state index contributed by atoms with van der Waals surface area (Å²) in [5.74, 6) is 3.92. The van der Waals surface area contributed by atoms with Gasteiger partial charge in [0.25, 0.3) is 0 Å².